The fraction of sp³-hybridized carbons (Fsp3) is 0.562. The third-order valence-electron chi connectivity index (χ3n) is 4.65. The predicted molar refractivity (Wildman–Crippen MR) is 88.3 cm³/mol. The van der Waals surface area contributed by atoms with E-state index in [1.54, 1.807) is 4.90 Å². The normalized spacial score (nSPS) is 23.6. The number of benzene rings is 1. The van der Waals surface area contributed by atoms with Gasteiger partial charge in [0, 0.05) is 19.1 Å². The van der Waals surface area contributed by atoms with E-state index in [0.29, 0.717) is 25.9 Å². The number of nitrogens with one attached hydrogen (secondary N) is 1. The third kappa shape index (κ3) is 3.57. The summed E-state index contributed by atoms with van der Waals surface area (Å²) in [6.07, 6.45) is 3.76. The van der Waals surface area contributed by atoms with E-state index in [0.717, 1.165) is 30.2 Å². The zero-order valence-electron chi connectivity index (χ0n) is 13.3. The minimum atomic E-state index is -3.27. The molecule has 7 heteroatoms. The van der Waals surface area contributed by atoms with Gasteiger partial charge in [-0.15, -0.1) is 0 Å². The van der Waals surface area contributed by atoms with Crippen molar-refractivity contribution in [3.8, 4) is 0 Å². The quantitative estimate of drug-likeness (QED) is 0.813. The number of piperidine rings is 1. The minimum absolute atomic E-state index is 0.0753. The number of nitrogens with two attached hydrogens (primary N) is 1. The Morgan fingerprint density at radius 1 is 1.30 bits per heavy atom. The molecule has 0 radical (unpaired) electrons. The zero-order chi connectivity index (χ0) is 16.7. The molecule has 1 heterocycles. The summed E-state index contributed by atoms with van der Waals surface area (Å²) in [5.74, 6) is -0.0753. The molecule has 2 aliphatic rings. The molecule has 0 bridgehead atoms. The molecule has 23 heavy (non-hydrogen) atoms. The second-order valence-corrected chi connectivity index (χ2v) is 8.54. The van der Waals surface area contributed by atoms with E-state index in [-0.39, 0.29) is 11.9 Å². The minimum Gasteiger partial charge on any atom is -0.339 e. The number of nitrogens with zero attached hydrogens (tertiary/aromatic N) is 1. The van der Waals surface area contributed by atoms with Crippen LogP contribution in [0.2, 0.25) is 0 Å². The van der Waals surface area contributed by atoms with Crippen LogP contribution in [0.4, 0.5) is 0 Å². The Balaban J connectivity index is 1.71. The van der Waals surface area contributed by atoms with Crippen LogP contribution in [0.15, 0.2) is 24.3 Å². The van der Waals surface area contributed by atoms with Gasteiger partial charge in [0.05, 0.1) is 6.26 Å². The maximum atomic E-state index is 12.9. The van der Waals surface area contributed by atoms with Crippen molar-refractivity contribution in [2.45, 2.75) is 37.3 Å². The first-order valence-electron chi connectivity index (χ1n) is 7.89. The molecule has 1 fully saturated rings. The van der Waals surface area contributed by atoms with Crippen molar-refractivity contribution in [2.24, 2.45) is 5.73 Å². The average Bonchev–Trinajstić information content (AvgIpc) is 2.82. The lowest BCUT2D eigenvalue weighted by atomic mass is 9.93. The predicted octanol–water partition coefficient (Wildman–Crippen LogP) is 0.0229. The Bertz CT molecular complexity index is 692. The standard InChI is InChI=1S/C16H23N3O3S/c1-23(21,22)18-14-7-4-8-19(11-14)15(20)16(17)9-12-5-2-3-6-13(12)10-16/h2-3,5-6,14,18H,4,7-11,17H2,1H3. The number of sulfonamides is 1. The molecule has 1 aliphatic carbocycles. The Kier molecular flexibility index (Phi) is 4.20. The average molecular weight is 337 g/mol. The number of carbonyl (C=O) groups is 1. The van der Waals surface area contributed by atoms with Crippen LogP contribution in [0.5, 0.6) is 0 Å². The first-order chi connectivity index (χ1) is 10.8. The van der Waals surface area contributed by atoms with Gasteiger partial charge in [-0.2, -0.15) is 0 Å². The Hall–Kier alpha value is -1.44. The van der Waals surface area contributed by atoms with Gasteiger partial charge >= 0.3 is 0 Å². The summed E-state index contributed by atoms with van der Waals surface area (Å²) < 4.78 is 25.4. The largest absolute Gasteiger partial charge is 0.339 e. The van der Waals surface area contributed by atoms with Gasteiger partial charge in [-0.05, 0) is 36.8 Å². The number of carbonyl (C=O) groups excluding carboxylic acids is 1. The van der Waals surface area contributed by atoms with Crippen LogP contribution in [-0.2, 0) is 27.7 Å². The van der Waals surface area contributed by atoms with Crippen LogP contribution in [0.1, 0.15) is 24.0 Å². The smallest absolute Gasteiger partial charge is 0.243 e. The van der Waals surface area contributed by atoms with Gasteiger partial charge < -0.3 is 10.6 Å². The van der Waals surface area contributed by atoms with Crippen LogP contribution in [0, 0.1) is 0 Å². The topological polar surface area (TPSA) is 92.5 Å². The molecule has 0 saturated carbocycles. The van der Waals surface area contributed by atoms with Crippen molar-refractivity contribution >= 4 is 15.9 Å². The van der Waals surface area contributed by atoms with Crippen LogP contribution in [0.3, 0.4) is 0 Å². The highest BCUT2D eigenvalue weighted by atomic mass is 32.2. The second-order valence-electron chi connectivity index (χ2n) is 6.76. The van der Waals surface area contributed by atoms with Crippen molar-refractivity contribution in [3.05, 3.63) is 35.4 Å². The molecule has 0 aromatic heterocycles. The number of amides is 1. The third-order valence-corrected chi connectivity index (χ3v) is 5.41. The van der Waals surface area contributed by atoms with Crippen LogP contribution in [-0.4, -0.2) is 50.2 Å². The molecule has 3 rings (SSSR count). The first kappa shape index (κ1) is 16.4. The lowest BCUT2D eigenvalue weighted by Crippen LogP contribution is -2.60. The Morgan fingerprint density at radius 2 is 1.91 bits per heavy atom. The van der Waals surface area contributed by atoms with Gasteiger partial charge in [0.2, 0.25) is 15.9 Å². The van der Waals surface area contributed by atoms with Crippen LogP contribution >= 0.6 is 0 Å². The van der Waals surface area contributed by atoms with E-state index < -0.39 is 15.6 Å². The van der Waals surface area contributed by atoms with E-state index in [2.05, 4.69) is 4.72 Å². The summed E-state index contributed by atoms with van der Waals surface area (Å²) in [5.41, 5.74) is 7.78. The van der Waals surface area contributed by atoms with Gasteiger partial charge in [0.1, 0.15) is 5.54 Å². The van der Waals surface area contributed by atoms with Gasteiger partial charge in [-0.1, -0.05) is 24.3 Å². The Morgan fingerprint density at radius 3 is 2.48 bits per heavy atom. The van der Waals surface area contributed by atoms with Crippen LogP contribution in [0.25, 0.3) is 0 Å². The molecule has 6 nitrogen and oxygen atoms in total. The number of likely N-dealkylation sites (tertiary alicyclic amines) is 1. The van der Waals surface area contributed by atoms with Crippen molar-refractivity contribution in [1.29, 1.82) is 0 Å². The number of fused-ring (bicyclic) bond motifs is 1. The van der Waals surface area contributed by atoms with E-state index in [1.165, 1.54) is 0 Å². The summed E-state index contributed by atoms with van der Waals surface area (Å²) >= 11 is 0. The molecule has 126 valence electrons. The van der Waals surface area contributed by atoms with Crippen molar-refractivity contribution in [2.75, 3.05) is 19.3 Å². The van der Waals surface area contributed by atoms with Gasteiger partial charge in [-0.25, -0.2) is 13.1 Å². The van der Waals surface area contributed by atoms with E-state index in [1.807, 2.05) is 24.3 Å². The van der Waals surface area contributed by atoms with Gasteiger partial charge in [-0.3, -0.25) is 4.79 Å². The molecule has 1 aromatic rings. The van der Waals surface area contributed by atoms with E-state index >= 15 is 0 Å². The summed E-state index contributed by atoms with van der Waals surface area (Å²) in [5, 5.41) is 0. The highest BCUT2D eigenvalue weighted by molar-refractivity contribution is 7.88. The Labute approximate surface area is 137 Å². The van der Waals surface area contributed by atoms with E-state index in [4.69, 9.17) is 5.73 Å². The lowest BCUT2D eigenvalue weighted by Gasteiger charge is -2.37. The second kappa shape index (κ2) is 5.89. The monoisotopic (exact) mass is 337 g/mol. The van der Waals surface area contributed by atoms with Crippen molar-refractivity contribution < 1.29 is 13.2 Å². The molecule has 3 N–H and O–H groups in total. The maximum Gasteiger partial charge on any atom is 0.243 e. The highest BCUT2D eigenvalue weighted by Crippen LogP contribution is 2.30. The molecular formula is C16H23N3O3S. The maximum absolute atomic E-state index is 12.9. The molecule has 1 aliphatic heterocycles. The molecule has 0 spiro atoms. The molecule has 1 amide bonds. The molecule has 1 aromatic carbocycles. The van der Waals surface area contributed by atoms with Crippen molar-refractivity contribution in [3.63, 3.8) is 0 Å². The fourth-order valence-electron chi connectivity index (χ4n) is 3.67. The lowest BCUT2D eigenvalue weighted by molar-refractivity contribution is -0.138. The zero-order valence-corrected chi connectivity index (χ0v) is 14.1. The molecule has 1 saturated heterocycles. The highest BCUT2D eigenvalue weighted by Gasteiger charge is 2.43. The van der Waals surface area contributed by atoms with Gasteiger partial charge in [0.15, 0.2) is 0 Å². The summed E-state index contributed by atoms with van der Waals surface area (Å²) in [6.45, 7) is 1.03. The van der Waals surface area contributed by atoms with Crippen molar-refractivity contribution in [1.82, 2.24) is 9.62 Å². The molecule has 1 atom stereocenters. The SMILES string of the molecule is CS(=O)(=O)NC1CCCN(C(=O)C2(N)Cc3ccccc3C2)C1. The molecular weight excluding hydrogens is 314 g/mol. The number of hydrogen-bond acceptors (Lipinski definition) is 4. The summed E-state index contributed by atoms with van der Waals surface area (Å²) in [4.78, 5) is 14.6. The summed E-state index contributed by atoms with van der Waals surface area (Å²) in [7, 11) is -3.27. The molecule has 1 unspecified atom stereocenters. The van der Waals surface area contributed by atoms with Gasteiger partial charge in [0.25, 0.3) is 0 Å². The fourth-order valence-corrected chi connectivity index (χ4v) is 4.47. The summed E-state index contributed by atoms with van der Waals surface area (Å²) in [6, 6.07) is 7.72. The number of rotatable bonds is 3. The number of hydrogen-bond donors (Lipinski definition) is 2. The van der Waals surface area contributed by atoms with Crippen LogP contribution < -0.4 is 10.5 Å². The first-order valence-corrected chi connectivity index (χ1v) is 9.78. The van der Waals surface area contributed by atoms with E-state index in [9.17, 15) is 13.2 Å².